The minimum absolute atomic E-state index is 0.0389. The van der Waals surface area contributed by atoms with Gasteiger partial charge in [-0.05, 0) is 42.5 Å². The third kappa shape index (κ3) is 2.46. The van der Waals surface area contributed by atoms with Gasteiger partial charge < -0.3 is 9.40 Å². The Bertz CT molecular complexity index is 1110. The smallest absolute Gasteiger partial charge is 0.284 e. The highest BCUT2D eigenvalue weighted by Crippen LogP contribution is 2.26. The van der Waals surface area contributed by atoms with E-state index in [4.69, 9.17) is 16.6 Å². The van der Waals surface area contributed by atoms with E-state index >= 15 is 0 Å². The molecule has 9 heteroatoms. The number of nitro benzene ring substituents is 1. The summed E-state index contributed by atoms with van der Waals surface area (Å²) < 4.78 is 5.30. The first kappa shape index (κ1) is 14.3. The number of imidazole rings is 1. The van der Waals surface area contributed by atoms with Gasteiger partial charge in [0, 0.05) is 23.3 Å². The van der Waals surface area contributed by atoms with Crippen LogP contribution < -0.4 is 0 Å². The van der Waals surface area contributed by atoms with Gasteiger partial charge in [-0.2, -0.15) is 0 Å². The Labute approximate surface area is 139 Å². The number of nitrogens with one attached hydrogen (secondary N) is 2. The second-order valence-corrected chi connectivity index (χ2v) is 5.41. The second-order valence-electron chi connectivity index (χ2n) is 5.04. The van der Waals surface area contributed by atoms with Gasteiger partial charge in [0.25, 0.3) is 10.5 Å². The summed E-state index contributed by atoms with van der Waals surface area (Å²) >= 11 is 4.87. The summed E-state index contributed by atoms with van der Waals surface area (Å²) in [5.41, 5.74) is 3.12. The summed E-state index contributed by atoms with van der Waals surface area (Å²) in [7, 11) is 0. The number of non-ortho nitro benzene ring substituents is 1. The SMILES string of the molecule is O=[N+]([O-])c1ccc(-c2nc3ccc(-c4n[nH]c(=S)o4)cc3[nH]2)cc1. The number of rotatable bonds is 3. The molecule has 4 aromatic rings. The number of hydrogen-bond acceptors (Lipinski definition) is 6. The van der Waals surface area contributed by atoms with Crippen LogP contribution in [-0.4, -0.2) is 25.1 Å². The quantitative estimate of drug-likeness (QED) is 0.333. The Morgan fingerprint density at radius 3 is 2.54 bits per heavy atom. The van der Waals surface area contributed by atoms with Crippen molar-refractivity contribution in [3.05, 3.63) is 57.4 Å². The first-order valence-corrected chi connectivity index (χ1v) is 7.31. The average molecular weight is 339 g/mol. The maximum absolute atomic E-state index is 10.7. The summed E-state index contributed by atoms with van der Waals surface area (Å²) in [5, 5.41) is 17.3. The molecule has 0 aliphatic rings. The number of H-pyrrole nitrogens is 2. The third-order valence-electron chi connectivity index (χ3n) is 3.52. The van der Waals surface area contributed by atoms with Crippen molar-refractivity contribution >= 4 is 28.9 Å². The normalized spacial score (nSPS) is 11.0. The molecule has 0 saturated heterocycles. The largest absolute Gasteiger partial charge is 0.409 e. The van der Waals surface area contributed by atoms with E-state index < -0.39 is 4.92 Å². The molecule has 0 amide bonds. The van der Waals surface area contributed by atoms with Crippen molar-refractivity contribution in [2.45, 2.75) is 0 Å². The van der Waals surface area contributed by atoms with Crippen LogP contribution in [0.1, 0.15) is 0 Å². The number of aromatic amines is 2. The second kappa shape index (κ2) is 5.39. The van der Waals surface area contributed by atoms with E-state index in [1.165, 1.54) is 12.1 Å². The predicted octanol–water partition coefficient (Wildman–Crippen LogP) is 3.85. The van der Waals surface area contributed by atoms with Crippen LogP contribution in [0.25, 0.3) is 33.9 Å². The maximum atomic E-state index is 10.7. The standard InChI is InChI=1S/C15H9N5O3S/c21-20(22)10-4-1-8(2-5-10)13-16-11-6-3-9(7-12(11)17-13)14-18-19-15(24)23-14/h1-7H,(H,16,17)(H,19,24). The molecule has 0 aliphatic carbocycles. The topological polar surface area (TPSA) is 114 Å². The zero-order chi connectivity index (χ0) is 16.7. The number of nitrogens with zero attached hydrogens (tertiary/aromatic N) is 3. The Hall–Kier alpha value is -3.33. The maximum Gasteiger partial charge on any atom is 0.284 e. The summed E-state index contributed by atoms with van der Waals surface area (Å²) in [5.74, 6) is 1.02. The van der Waals surface area contributed by atoms with Crippen molar-refractivity contribution in [3.63, 3.8) is 0 Å². The first-order chi connectivity index (χ1) is 11.6. The van der Waals surface area contributed by atoms with Crippen LogP contribution in [0.5, 0.6) is 0 Å². The van der Waals surface area contributed by atoms with Crippen LogP contribution in [0, 0.1) is 15.0 Å². The van der Waals surface area contributed by atoms with E-state index in [0.717, 1.165) is 22.2 Å². The average Bonchev–Trinajstić information content (AvgIpc) is 3.20. The summed E-state index contributed by atoms with van der Waals surface area (Å²) in [6.45, 7) is 0. The highest BCUT2D eigenvalue weighted by Gasteiger charge is 2.11. The van der Waals surface area contributed by atoms with E-state index in [9.17, 15) is 10.1 Å². The lowest BCUT2D eigenvalue weighted by molar-refractivity contribution is -0.384. The molecule has 0 unspecified atom stereocenters. The molecule has 0 bridgehead atoms. The molecule has 8 nitrogen and oxygen atoms in total. The molecule has 0 saturated carbocycles. The highest BCUT2D eigenvalue weighted by atomic mass is 32.1. The van der Waals surface area contributed by atoms with Crippen molar-refractivity contribution < 1.29 is 9.34 Å². The van der Waals surface area contributed by atoms with E-state index in [1.54, 1.807) is 12.1 Å². The van der Waals surface area contributed by atoms with Crippen molar-refractivity contribution in [3.8, 4) is 22.8 Å². The van der Waals surface area contributed by atoms with E-state index in [0.29, 0.717) is 11.7 Å². The molecular formula is C15H9N5O3S. The van der Waals surface area contributed by atoms with Crippen molar-refractivity contribution in [2.75, 3.05) is 0 Å². The minimum atomic E-state index is -0.435. The van der Waals surface area contributed by atoms with Crippen molar-refractivity contribution in [1.29, 1.82) is 0 Å². The van der Waals surface area contributed by atoms with Crippen molar-refractivity contribution in [2.24, 2.45) is 0 Å². The first-order valence-electron chi connectivity index (χ1n) is 6.90. The zero-order valence-corrected chi connectivity index (χ0v) is 12.8. The highest BCUT2D eigenvalue weighted by molar-refractivity contribution is 7.71. The van der Waals surface area contributed by atoms with Gasteiger partial charge in [0.2, 0.25) is 5.89 Å². The molecule has 2 aromatic heterocycles. The molecule has 0 fully saturated rings. The van der Waals surface area contributed by atoms with Gasteiger partial charge in [-0.25, -0.2) is 10.1 Å². The lowest BCUT2D eigenvalue weighted by atomic mass is 10.2. The third-order valence-corrected chi connectivity index (χ3v) is 3.69. The van der Waals surface area contributed by atoms with Crippen LogP contribution in [0.15, 0.2) is 46.9 Å². The fourth-order valence-corrected chi connectivity index (χ4v) is 2.50. The number of aromatic nitrogens is 4. The van der Waals surface area contributed by atoms with E-state index in [2.05, 4.69) is 20.2 Å². The van der Waals surface area contributed by atoms with Gasteiger partial charge in [-0.3, -0.25) is 10.1 Å². The van der Waals surface area contributed by atoms with Gasteiger partial charge in [0.1, 0.15) is 5.82 Å². The Morgan fingerprint density at radius 2 is 1.88 bits per heavy atom. The number of hydrogen-bond donors (Lipinski definition) is 2. The number of fused-ring (bicyclic) bond motifs is 1. The van der Waals surface area contributed by atoms with Crippen LogP contribution >= 0.6 is 12.2 Å². The van der Waals surface area contributed by atoms with Crippen LogP contribution in [-0.2, 0) is 0 Å². The molecular weight excluding hydrogens is 330 g/mol. The molecule has 2 aromatic carbocycles. The van der Waals surface area contributed by atoms with Gasteiger partial charge >= 0.3 is 0 Å². The fourth-order valence-electron chi connectivity index (χ4n) is 2.37. The molecule has 2 N–H and O–H groups in total. The number of benzene rings is 2. The zero-order valence-electron chi connectivity index (χ0n) is 12.0. The molecule has 0 spiro atoms. The molecule has 118 valence electrons. The summed E-state index contributed by atoms with van der Waals surface area (Å²) in [4.78, 5) is 18.2. The van der Waals surface area contributed by atoms with Gasteiger partial charge in [-0.15, -0.1) is 5.10 Å². The summed E-state index contributed by atoms with van der Waals surface area (Å²) in [6.07, 6.45) is 0. The lowest BCUT2D eigenvalue weighted by Gasteiger charge is -1.95. The lowest BCUT2D eigenvalue weighted by Crippen LogP contribution is -1.87. The predicted molar refractivity (Wildman–Crippen MR) is 88.9 cm³/mol. The van der Waals surface area contributed by atoms with E-state index in [1.807, 2.05) is 18.2 Å². The van der Waals surface area contributed by atoms with Crippen LogP contribution in [0.4, 0.5) is 5.69 Å². The van der Waals surface area contributed by atoms with Crippen LogP contribution in [0.2, 0.25) is 0 Å². The molecule has 24 heavy (non-hydrogen) atoms. The molecule has 4 rings (SSSR count). The molecule has 2 heterocycles. The molecule has 0 atom stereocenters. The van der Waals surface area contributed by atoms with Crippen molar-refractivity contribution in [1.82, 2.24) is 20.2 Å². The monoisotopic (exact) mass is 339 g/mol. The summed E-state index contributed by atoms with van der Waals surface area (Å²) in [6, 6.07) is 11.7. The number of nitro groups is 1. The van der Waals surface area contributed by atoms with Gasteiger partial charge in [0.15, 0.2) is 0 Å². The van der Waals surface area contributed by atoms with E-state index in [-0.39, 0.29) is 10.5 Å². The Balaban J connectivity index is 1.75. The van der Waals surface area contributed by atoms with Crippen LogP contribution in [0.3, 0.4) is 0 Å². The Kier molecular flexibility index (Phi) is 3.21. The minimum Gasteiger partial charge on any atom is -0.409 e. The molecule has 0 aliphatic heterocycles. The van der Waals surface area contributed by atoms with Gasteiger partial charge in [0.05, 0.1) is 16.0 Å². The van der Waals surface area contributed by atoms with Gasteiger partial charge in [-0.1, -0.05) is 0 Å². The Morgan fingerprint density at radius 1 is 1.12 bits per heavy atom. The molecule has 0 radical (unpaired) electrons. The fraction of sp³-hybridized carbons (Fsp3) is 0.